The maximum Gasteiger partial charge on any atom is 0.260 e. The van der Waals surface area contributed by atoms with Crippen LogP contribution in [-0.4, -0.2) is 18.1 Å². The van der Waals surface area contributed by atoms with Crippen molar-refractivity contribution < 1.29 is 9.53 Å². The van der Waals surface area contributed by atoms with Crippen LogP contribution < -0.4 is 15.8 Å². The molecule has 0 spiro atoms. The Morgan fingerprint density at radius 3 is 2.95 bits per heavy atom. The number of ether oxygens (including phenoxy) is 1. The Hall–Kier alpha value is -1.55. The molecule has 0 aromatic heterocycles. The number of rotatable bonds is 4. The third kappa shape index (κ3) is 2.96. The molecule has 4 heteroatoms. The highest BCUT2D eigenvalue weighted by Gasteiger charge is 2.26. The van der Waals surface area contributed by atoms with Gasteiger partial charge in [0, 0.05) is 12.1 Å². The average Bonchev–Trinajstić information content (AvgIpc) is 3.23. The first-order chi connectivity index (χ1) is 9.63. The zero-order valence-corrected chi connectivity index (χ0v) is 11.9. The summed E-state index contributed by atoms with van der Waals surface area (Å²) in [5.74, 6) is 0.703. The largest absolute Gasteiger partial charge is 0.481 e. The fourth-order valence-electron chi connectivity index (χ4n) is 2.69. The van der Waals surface area contributed by atoms with Gasteiger partial charge in [-0.15, -0.1) is 0 Å². The van der Waals surface area contributed by atoms with E-state index in [0.717, 1.165) is 37.9 Å². The molecule has 20 heavy (non-hydrogen) atoms. The van der Waals surface area contributed by atoms with E-state index in [1.807, 2.05) is 12.1 Å². The molecule has 0 saturated heterocycles. The highest BCUT2D eigenvalue weighted by Crippen LogP contribution is 2.31. The van der Waals surface area contributed by atoms with Gasteiger partial charge in [0.2, 0.25) is 0 Å². The van der Waals surface area contributed by atoms with Gasteiger partial charge in [0.1, 0.15) is 5.75 Å². The van der Waals surface area contributed by atoms with Gasteiger partial charge in [0.05, 0.1) is 0 Å². The average molecular weight is 274 g/mol. The molecule has 1 saturated carbocycles. The molecule has 1 aromatic rings. The lowest BCUT2D eigenvalue weighted by Gasteiger charge is -2.23. The van der Waals surface area contributed by atoms with Crippen molar-refractivity contribution in [3.05, 3.63) is 29.3 Å². The lowest BCUT2D eigenvalue weighted by atomic mass is 9.88. The highest BCUT2D eigenvalue weighted by atomic mass is 16.5. The summed E-state index contributed by atoms with van der Waals surface area (Å²) in [6.07, 6.45) is 4.97. The van der Waals surface area contributed by atoms with E-state index < -0.39 is 6.10 Å². The van der Waals surface area contributed by atoms with Gasteiger partial charge in [-0.3, -0.25) is 4.79 Å². The Morgan fingerprint density at radius 2 is 2.20 bits per heavy atom. The van der Waals surface area contributed by atoms with E-state index in [-0.39, 0.29) is 11.9 Å². The Bertz CT molecular complexity index is 511. The molecule has 108 valence electrons. The predicted octanol–water partition coefficient (Wildman–Crippen LogP) is 2.07. The molecular weight excluding hydrogens is 252 g/mol. The third-order valence-corrected chi connectivity index (χ3v) is 4.08. The standard InChI is InChI=1S/C16H22N2O2/c1-10(16(19)18-12-6-7-12)20-13-8-5-11-3-2-4-15(17)14(11)9-13/h5,8-10,12,15H,2-4,6-7,17H2,1H3,(H,18,19)/t10?,15-/m0/s1. The van der Waals surface area contributed by atoms with Crippen LogP contribution in [0.3, 0.4) is 0 Å². The smallest absolute Gasteiger partial charge is 0.260 e. The minimum Gasteiger partial charge on any atom is -0.481 e. The molecule has 1 amide bonds. The molecule has 1 unspecified atom stereocenters. The molecule has 3 rings (SSSR count). The zero-order chi connectivity index (χ0) is 14.1. The van der Waals surface area contributed by atoms with E-state index in [9.17, 15) is 4.79 Å². The van der Waals surface area contributed by atoms with Crippen LogP contribution in [0.1, 0.15) is 49.8 Å². The van der Waals surface area contributed by atoms with Crippen molar-refractivity contribution in [3.63, 3.8) is 0 Å². The molecule has 2 atom stereocenters. The van der Waals surface area contributed by atoms with Crippen LogP contribution in [0.5, 0.6) is 5.75 Å². The summed E-state index contributed by atoms with van der Waals surface area (Å²) >= 11 is 0. The number of hydrogen-bond acceptors (Lipinski definition) is 3. The van der Waals surface area contributed by atoms with E-state index >= 15 is 0 Å². The summed E-state index contributed by atoms with van der Waals surface area (Å²) in [7, 11) is 0. The molecule has 0 bridgehead atoms. The summed E-state index contributed by atoms with van der Waals surface area (Å²) in [5.41, 5.74) is 8.63. The van der Waals surface area contributed by atoms with E-state index in [1.165, 1.54) is 11.1 Å². The van der Waals surface area contributed by atoms with Crippen LogP contribution >= 0.6 is 0 Å². The number of benzene rings is 1. The summed E-state index contributed by atoms with van der Waals surface area (Å²) in [4.78, 5) is 11.9. The minimum atomic E-state index is -0.464. The van der Waals surface area contributed by atoms with Crippen LogP contribution in [0.25, 0.3) is 0 Å². The number of fused-ring (bicyclic) bond motifs is 1. The second-order valence-electron chi connectivity index (χ2n) is 5.90. The van der Waals surface area contributed by atoms with Crippen LogP contribution in [0.2, 0.25) is 0 Å². The van der Waals surface area contributed by atoms with Crippen LogP contribution in [0, 0.1) is 0 Å². The number of carbonyl (C=O) groups is 1. The Kier molecular flexibility index (Phi) is 3.66. The third-order valence-electron chi connectivity index (χ3n) is 4.08. The Morgan fingerprint density at radius 1 is 1.40 bits per heavy atom. The van der Waals surface area contributed by atoms with Gasteiger partial charge >= 0.3 is 0 Å². The second-order valence-corrected chi connectivity index (χ2v) is 5.90. The Labute approximate surface area is 119 Å². The van der Waals surface area contributed by atoms with E-state index in [2.05, 4.69) is 11.4 Å². The molecule has 3 N–H and O–H groups in total. The van der Waals surface area contributed by atoms with Gasteiger partial charge in [-0.1, -0.05) is 6.07 Å². The highest BCUT2D eigenvalue weighted by molar-refractivity contribution is 5.81. The van der Waals surface area contributed by atoms with Crippen molar-refractivity contribution in [1.29, 1.82) is 0 Å². The maximum absolute atomic E-state index is 11.9. The minimum absolute atomic E-state index is 0.0329. The summed E-state index contributed by atoms with van der Waals surface area (Å²) in [5, 5.41) is 2.96. The van der Waals surface area contributed by atoms with Gasteiger partial charge in [-0.05, 0) is 62.3 Å². The molecule has 1 fully saturated rings. The molecule has 4 nitrogen and oxygen atoms in total. The first kappa shape index (κ1) is 13.4. The van der Waals surface area contributed by atoms with Crippen molar-refractivity contribution in [2.45, 2.75) is 57.2 Å². The number of hydrogen-bond donors (Lipinski definition) is 2. The van der Waals surface area contributed by atoms with Crippen LogP contribution in [0.4, 0.5) is 0 Å². The lowest BCUT2D eigenvalue weighted by Crippen LogP contribution is -2.37. The maximum atomic E-state index is 11.9. The fourth-order valence-corrected chi connectivity index (χ4v) is 2.69. The SMILES string of the molecule is CC(Oc1ccc2c(c1)[C@@H](N)CCC2)C(=O)NC1CC1. The van der Waals surface area contributed by atoms with E-state index in [1.54, 1.807) is 6.92 Å². The zero-order valence-electron chi connectivity index (χ0n) is 11.9. The molecule has 0 aliphatic heterocycles. The normalized spacial score (nSPS) is 22.8. The number of carbonyl (C=O) groups excluding carboxylic acids is 1. The molecule has 0 heterocycles. The number of amides is 1. The number of nitrogens with one attached hydrogen (secondary N) is 1. The Balaban J connectivity index is 1.67. The summed E-state index contributed by atoms with van der Waals surface area (Å²) < 4.78 is 5.75. The van der Waals surface area contributed by atoms with Crippen LogP contribution in [0.15, 0.2) is 18.2 Å². The topological polar surface area (TPSA) is 64.3 Å². The van der Waals surface area contributed by atoms with Crippen molar-refractivity contribution in [2.24, 2.45) is 5.73 Å². The van der Waals surface area contributed by atoms with Crippen LogP contribution in [-0.2, 0) is 11.2 Å². The monoisotopic (exact) mass is 274 g/mol. The first-order valence-electron chi connectivity index (χ1n) is 7.49. The summed E-state index contributed by atoms with van der Waals surface area (Å²) in [6.45, 7) is 1.79. The van der Waals surface area contributed by atoms with Gasteiger partial charge < -0.3 is 15.8 Å². The second kappa shape index (κ2) is 5.44. The quantitative estimate of drug-likeness (QED) is 0.883. The number of aryl methyl sites for hydroxylation is 1. The van der Waals surface area contributed by atoms with Crippen molar-refractivity contribution in [2.75, 3.05) is 0 Å². The fraction of sp³-hybridized carbons (Fsp3) is 0.562. The van der Waals surface area contributed by atoms with Gasteiger partial charge in [0.15, 0.2) is 6.10 Å². The molecular formula is C16H22N2O2. The van der Waals surface area contributed by atoms with Gasteiger partial charge in [0.25, 0.3) is 5.91 Å². The predicted molar refractivity (Wildman–Crippen MR) is 77.6 cm³/mol. The van der Waals surface area contributed by atoms with E-state index in [4.69, 9.17) is 10.5 Å². The first-order valence-corrected chi connectivity index (χ1v) is 7.49. The molecule has 0 radical (unpaired) electrons. The molecule has 2 aliphatic rings. The van der Waals surface area contributed by atoms with E-state index in [0.29, 0.717) is 6.04 Å². The molecule has 1 aromatic carbocycles. The summed E-state index contributed by atoms with van der Waals surface area (Å²) in [6, 6.07) is 6.48. The van der Waals surface area contributed by atoms with Crippen molar-refractivity contribution in [3.8, 4) is 5.75 Å². The molecule has 2 aliphatic carbocycles. The van der Waals surface area contributed by atoms with Crippen molar-refractivity contribution in [1.82, 2.24) is 5.32 Å². The lowest BCUT2D eigenvalue weighted by molar-refractivity contribution is -0.127. The van der Waals surface area contributed by atoms with Gasteiger partial charge in [-0.25, -0.2) is 0 Å². The van der Waals surface area contributed by atoms with Gasteiger partial charge in [-0.2, -0.15) is 0 Å². The number of nitrogens with two attached hydrogens (primary N) is 1. The van der Waals surface area contributed by atoms with Crippen molar-refractivity contribution >= 4 is 5.91 Å².